The molecule has 0 unspecified atom stereocenters. The molecule has 0 atom stereocenters. The van der Waals surface area contributed by atoms with Gasteiger partial charge < -0.3 is 14.2 Å². The maximum atomic E-state index is 12.1. The molecule has 2 aromatic rings. The van der Waals surface area contributed by atoms with E-state index in [1.54, 1.807) is 43.5 Å². The van der Waals surface area contributed by atoms with Crippen molar-refractivity contribution in [2.24, 2.45) is 0 Å². The Morgan fingerprint density at radius 2 is 1.89 bits per heavy atom. The molecule has 1 N–H and O–H groups in total. The molecule has 0 aliphatic heterocycles. The zero-order chi connectivity index (χ0) is 19.6. The lowest BCUT2D eigenvalue weighted by molar-refractivity contribution is -0.142. The topological polar surface area (TPSA) is 104 Å². The van der Waals surface area contributed by atoms with Crippen molar-refractivity contribution in [1.82, 2.24) is 4.98 Å². The van der Waals surface area contributed by atoms with E-state index in [-0.39, 0.29) is 18.0 Å². The SMILES string of the molecule is CCOC(=O)Cc1csc(NC(=O)COC(=O)c2ccccc2OCC)n1. The van der Waals surface area contributed by atoms with E-state index >= 15 is 0 Å². The number of ether oxygens (including phenoxy) is 3. The third-order valence-corrected chi connectivity index (χ3v) is 3.98. The molecule has 144 valence electrons. The number of benzene rings is 1. The largest absolute Gasteiger partial charge is 0.493 e. The molecule has 27 heavy (non-hydrogen) atoms. The first-order valence-corrected chi connectivity index (χ1v) is 9.20. The normalized spacial score (nSPS) is 10.1. The minimum absolute atomic E-state index is 0.0312. The summed E-state index contributed by atoms with van der Waals surface area (Å²) in [5, 5.41) is 4.48. The van der Waals surface area contributed by atoms with Crippen molar-refractivity contribution in [2.75, 3.05) is 25.1 Å². The Morgan fingerprint density at radius 3 is 2.63 bits per heavy atom. The Kier molecular flexibility index (Phi) is 7.75. The van der Waals surface area contributed by atoms with E-state index in [1.165, 1.54) is 11.3 Å². The summed E-state index contributed by atoms with van der Waals surface area (Å²) in [6, 6.07) is 6.64. The van der Waals surface area contributed by atoms with E-state index < -0.39 is 18.5 Å². The molecule has 1 heterocycles. The summed E-state index contributed by atoms with van der Waals surface area (Å²) in [7, 11) is 0. The minimum atomic E-state index is -0.656. The van der Waals surface area contributed by atoms with Crippen LogP contribution < -0.4 is 10.1 Å². The first-order chi connectivity index (χ1) is 13.0. The van der Waals surface area contributed by atoms with Crippen LogP contribution in [0, 0.1) is 0 Å². The summed E-state index contributed by atoms with van der Waals surface area (Å²) in [6.45, 7) is 3.76. The quantitative estimate of drug-likeness (QED) is 0.654. The summed E-state index contributed by atoms with van der Waals surface area (Å²) in [4.78, 5) is 39.6. The number of esters is 2. The molecule has 1 amide bonds. The van der Waals surface area contributed by atoms with Gasteiger partial charge in [0.05, 0.1) is 25.3 Å². The fourth-order valence-corrected chi connectivity index (χ4v) is 2.81. The zero-order valence-electron chi connectivity index (χ0n) is 15.0. The van der Waals surface area contributed by atoms with Crippen molar-refractivity contribution >= 4 is 34.3 Å². The molecule has 9 heteroatoms. The molecule has 1 aromatic heterocycles. The highest BCUT2D eigenvalue weighted by Crippen LogP contribution is 2.19. The van der Waals surface area contributed by atoms with Crippen molar-refractivity contribution in [3.05, 3.63) is 40.9 Å². The van der Waals surface area contributed by atoms with E-state index in [0.717, 1.165) is 0 Å². The van der Waals surface area contributed by atoms with Crippen molar-refractivity contribution in [3.63, 3.8) is 0 Å². The lowest BCUT2D eigenvalue weighted by Gasteiger charge is -2.09. The van der Waals surface area contributed by atoms with Gasteiger partial charge in [-0.25, -0.2) is 9.78 Å². The van der Waals surface area contributed by atoms with Gasteiger partial charge in [-0.1, -0.05) is 12.1 Å². The van der Waals surface area contributed by atoms with Crippen LogP contribution in [-0.2, 0) is 25.5 Å². The van der Waals surface area contributed by atoms with Crippen LogP contribution in [0.15, 0.2) is 29.6 Å². The monoisotopic (exact) mass is 392 g/mol. The lowest BCUT2D eigenvalue weighted by atomic mass is 10.2. The van der Waals surface area contributed by atoms with Crippen LogP contribution in [0.1, 0.15) is 29.9 Å². The maximum Gasteiger partial charge on any atom is 0.342 e. The summed E-state index contributed by atoms with van der Waals surface area (Å²) >= 11 is 1.17. The van der Waals surface area contributed by atoms with Crippen LogP contribution in [-0.4, -0.2) is 42.7 Å². The number of carbonyl (C=O) groups excluding carboxylic acids is 3. The molecule has 1 aromatic carbocycles. The molecule has 0 aliphatic carbocycles. The average Bonchev–Trinajstić information content (AvgIpc) is 3.07. The van der Waals surface area contributed by atoms with Gasteiger partial charge in [-0.2, -0.15) is 0 Å². The third-order valence-electron chi connectivity index (χ3n) is 3.17. The molecule has 0 fully saturated rings. The fraction of sp³-hybridized carbons (Fsp3) is 0.333. The molecular formula is C18H20N2O6S. The van der Waals surface area contributed by atoms with Crippen LogP contribution in [0.3, 0.4) is 0 Å². The van der Waals surface area contributed by atoms with Crippen LogP contribution >= 0.6 is 11.3 Å². The molecule has 0 radical (unpaired) electrons. The van der Waals surface area contributed by atoms with Gasteiger partial charge in [0.15, 0.2) is 11.7 Å². The number of nitrogens with one attached hydrogen (secondary N) is 1. The van der Waals surface area contributed by atoms with Gasteiger partial charge in [0.25, 0.3) is 5.91 Å². The summed E-state index contributed by atoms with van der Waals surface area (Å²) < 4.78 is 15.2. The number of anilines is 1. The van der Waals surface area contributed by atoms with E-state index in [2.05, 4.69) is 10.3 Å². The second-order valence-corrected chi connectivity index (χ2v) is 6.04. The average molecular weight is 392 g/mol. The second kappa shape index (κ2) is 10.3. The fourth-order valence-electron chi connectivity index (χ4n) is 2.09. The van der Waals surface area contributed by atoms with Crippen LogP contribution in [0.2, 0.25) is 0 Å². The minimum Gasteiger partial charge on any atom is -0.493 e. The number of nitrogens with zero attached hydrogens (tertiary/aromatic N) is 1. The Bertz CT molecular complexity index is 805. The maximum absolute atomic E-state index is 12.1. The molecular weight excluding hydrogens is 372 g/mol. The number of hydrogen-bond donors (Lipinski definition) is 1. The van der Waals surface area contributed by atoms with Crippen molar-refractivity contribution in [1.29, 1.82) is 0 Å². The Balaban J connectivity index is 1.85. The van der Waals surface area contributed by atoms with Gasteiger partial charge in [0, 0.05) is 5.38 Å². The van der Waals surface area contributed by atoms with Crippen molar-refractivity contribution in [2.45, 2.75) is 20.3 Å². The van der Waals surface area contributed by atoms with Crippen molar-refractivity contribution in [3.8, 4) is 5.75 Å². The van der Waals surface area contributed by atoms with Crippen LogP contribution in [0.4, 0.5) is 5.13 Å². The number of carbonyl (C=O) groups is 3. The molecule has 0 bridgehead atoms. The first-order valence-electron chi connectivity index (χ1n) is 8.32. The third kappa shape index (κ3) is 6.37. The molecule has 0 saturated heterocycles. The Morgan fingerprint density at radius 1 is 1.11 bits per heavy atom. The Hall–Kier alpha value is -2.94. The molecule has 0 aliphatic rings. The second-order valence-electron chi connectivity index (χ2n) is 5.18. The van der Waals surface area contributed by atoms with Gasteiger partial charge in [-0.3, -0.25) is 14.9 Å². The predicted molar refractivity (Wildman–Crippen MR) is 99.0 cm³/mol. The number of para-hydroxylation sites is 1. The van der Waals surface area contributed by atoms with E-state index in [1.807, 2.05) is 0 Å². The first kappa shape index (κ1) is 20.4. The van der Waals surface area contributed by atoms with Gasteiger partial charge in [0.2, 0.25) is 0 Å². The van der Waals surface area contributed by atoms with Crippen LogP contribution in [0.25, 0.3) is 0 Å². The number of aromatic nitrogens is 1. The summed E-state index contributed by atoms with van der Waals surface area (Å²) in [6.07, 6.45) is 0.0312. The smallest absolute Gasteiger partial charge is 0.342 e. The number of amides is 1. The predicted octanol–water partition coefficient (Wildman–Crippen LogP) is 2.44. The molecule has 0 saturated carbocycles. The van der Waals surface area contributed by atoms with E-state index in [9.17, 15) is 14.4 Å². The highest BCUT2D eigenvalue weighted by atomic mass is 32.1. The number of thiazole rings is 1. The standard InChI is InChI=1S/C18H20N2O6S/c1-3-24-14-8-6-5-7-13(14)17(23)26-10-15(21)20-18-19-12(11-27-18)9-16(22)25-4-2/h5-8,11H,3-4,9-10H2,1-2H3,(H,19,20,21). The van der Waals surface area contributed by atoms with Gasteiger partial charge >= 0.3 is 11.9 Å². The Labute approximate surface area is 160 Å². The van der Waals surface area contributed by atoms with Gasteiger partial charge in [-0.15, -0.1) is 11.3 Å². The lowest BCUT2D eigenvalue weighted by Crippen LogP contribution is -2.21. The van der Waals surface area contributed by atoms with Crippen LogP contribution in [0.5, 0.6) is 5.75 Å². The molecule has 0 spiro atoms. The zero-order valence-corrected chi connectivity index (χ0v) is 15.8. The number of hydrogen-bond acceptors (Lipinski definition) is 8. The van der Waals surface area contributed by atoms with Gasteiger partial charge in [-0.05, 0) is 26.0 Å². The van der Waals surface area contributed by atoms with E-state index in [0.29, 0.717) is 29.8 Å². The highest BCUT2D eigenvalue weighted by Gasteiger charge is 2.16. The molecule has 8 nitrogen and oxygen atoms in total. The van der Waals surface area contributed by atoms with Crippen molar-refractivity contribution < 1.29 is 28.6 Å². The van der Waals surface area contributed by atoms with Gasteiger partial charge in [0.1, 0.15) is 11.3 Å². The molecule has 2 rings (SSSR count). The summed E-state index contributed by atoms with van der Waals surface area (Å²) in [5.74, 6) is -1.18. The number of rotatable bonds is 9. The highest BCUT2D eigenvalue weighted by molar-refractivity contribution is 7.13. The van der Waals surface area contributed by atoms with E-state index in [4.69, 9.17) is 14.2 Å². The summed E-state index contributed by atoms with van der Waals surface area (Å²) in [5.41, 5.74) is 0.745.